The predicted octanol–water partition coefficient (Wildman–Crippen LogP) is 3.01. The third-order valence-corrected chi connectivity index (χ3v) is 2.43. The van der Waals surface area contributed by atoms with Crippen LogP contribution >= 0.6 is 7.82 Å². The highest BCUT2D eigenvalue weighted by molar-refractivity contribution is 7.46. The molecule has 0 fully saturated rings. The first kappa shape index (κ1) is 14.8. The molecule has 0 saturated heterocycles. The molecule has 0 saturated carbocycles. The van der Waals surface area contributed by atoms with E-state index in [0.29, 0.717) is 6.42 Å². The molecule has 0 aliphatic heterocycles. The first-order chi connectivity index (χ1) is 7.06. The summed E-state index contributed by atoms with van der Waals surface area (Å²) < 4.78 is 14.6. The van der Waals surface area contributed by atoms with Crippen LogP contribution in [0, 0.1) is 0 Å². The summed E-state index contributed by atoms with van der Waals surface area (Å²) >= 11 is 0. The second-order valence-corrected chi connectivity index (χ2v) is 4.67. The smallest absolute Gasteiger partial charge is 0.303 e. The second kappa shape index (κ2) is 9.10. The molecule has 0 aliphatic rings. The van der Waals surface area contributed by atoms with Crippen LogP contribution in [0.4, 0.5) is 0 Å². The molecule has 0 radical (unpaired) electrons. The van der Waals surface area contributed by atoms with E-state index < -0.39 is 7.82 Å². The maximum absolute atomic E-state index is 10.3. The highest BCUT2D eigenvalue weighted by Crippen LogP contribution is 2.35. The average molecular weight is 236 g/mol. The van der Waals surface area contributed by atoms with Gasteiger partial charge in [-0.25, -0.2) is 4.57 Å². The molecule has 15 heavy (non-hydrogen) atoms. The van der Waals surface area contributed by atoms with Crippen LogP contribution in [-0.2, 0) is 9.09 Å². The normalized spacial score (nSPS) is 12.5. The zero-order chi connectivity index (χ0) is 11.6. The molecular formula is C10H21O4P. The van der Waals surface area contributed by atoms with E-state index in [1.54, 1.807) is 0 Å². The minimum absolute atomic E-state index is 0.115. The van der Waals surface area contributed by atoms with Gasteiger partial charge in [-0.15, -0.1) is 0 Å². The summed E-state index contributed by atoms with van der Waals surface area (Å²) in [4.78, 5) is 16.8. The highest BCUT2D eigenvalue weighted by atomic mass is 31.2. The van der Waals surface area contributed by atoms with Gasteiger partial charge in [-0.05, 0) is 25.7 Å². The SMILES string of the molecule is CCCCC/C=C/CCCOP(=O)(O)O. The second-order valence-electron chi connectivity index (χ2n) is 3.43. The first-order valence-corrected chi connectivity index (χ1v) is 6.94. The van der Waals surface area contributed by atoms with Gasteiger partial charge < -0.3 is 9.79 Å². The Labute approximate surface area is 91.6 Å². The summed E-state index contributed by atoms with van der Waals surface area (Å²) in [6, 6.07) is 0. The fourth-order valence-electron chi connectivity index (χ4n) is 1.13. The minimum atomic E-state index is -4.26. The maximum Gasteiger partial charge on any atom is 0.469 e. The standard InChI is InChI=1S/C10H21O4P/c1-2-3-4-5-6-7-8-9-10-14-15(11,12)13/h6-7H,2-5,8-10H2,1H3,(H2,11,12,13)/b7-6+. The van der Waals surface area contributed by atoms with E-state index in [0.717, 1.165) is 12.8 Å². The molecule has 0 unspecified atom stereocenters. The number of rotatable bonds is 9. The van der Waals surface area contributed by atoms with Gasteiger partial charge in [0.2, 0.25) is 0 Å². The van der Waals surface area contributed by atoms with Crippen LogP contribution in [0.2, 0.25) is 0 Å². The number of hydrogen-bond donors (Lipinski definition) is 2. The fourth-order valence-corrected chi connectivity index (χ4v) is 1.50. The van der Waals surface area contributed by atoms with Gasteiger partial charge >= 0.3 is 7.82 Å². The molecule has 0 amide bonds. The molecule has 0 heterocycles. The van der Waals surface area contributed by atoms with Crippen molar-refractivity contribution in [3.8, 4) is 0 Å². The van der Waals surface area contributed by atoms with E-state index in [4.69, 9.17) is 9.79 Å². The van der Waals surface area contributed by atoms with E-state index in [-0.39, 0.29) is 6.61 Å². The molecule has 0 atom stereocenters. The van der Waals surface area contributed by atoms with Crippen molar-refractivity contribution in [3.63, 3.8) is 0 Å². The molecule has 90 valence electrons. The molecule has 0 rings (SSSR count). The number of phosphoric acid groups is 1. The van der Waals surface area contributed by atoms with Crippen LogP contribution in [0.25, 0.3) is 0 Å². The Balaban J connectivity index is 3.20. The lowest BCUT2D eigenvalue weighted by molar-refractivity contribution is 0.195. The Morgan fingerprint density at radius 2 is 1.73 bits per heavy atom. The Morgan fingerprint density at radius 1 is 1.13 bits per heavy atom. The molecule has 2 N–H and O–H groups in total. The lowest BCUT2D eigenvalue weighted by atomic mass is 10.2. The molecule has 0 aromatic carbocycles. The molecule has 0 spiro atoms. The van der Waals surface area contributed by atoms with Gasteiger partial charge in [0, 0.05) is 0 Å². The molecule has 0 aliphatic carbocycles. The average Bonchev–Trinajstić information content (AvgIpc) is 2.14. The Hall–Kier alpha value is -0.150. The fraction of sp³-hybridized carbons (Fsp3) is 0.800. The van der Waals surface area contributed by atoms with Crippen LogP contribution in [0.1, 0.15) is 45.4 Å². The summed E-state index contributed by atoms with van der Waals surface area (Å²) in [5, 5.41) is 0. The van der Waals surface area contributed by atoms with Crippen molar-refractivity contribution in [1.82, 2.24) is 0 Å². The minimum Gasteiger partial charge on any atom is -0.303 e. The predicted molar refractivity (Wildman–Crippen MR) is 60.5 cm³/mol. The maximum atomic E-state index is 10.3. The summed E-state index contributed by atoms with van der Waals surface area (Å²) in [6.45, 7) is 2.28. The van der Waals surface area contributed by atoms with Gasteiger partial charge in [0.15, 0.2) is 0 Å². The van der Waals surface area contributed by atoms with Gasteiger partial charge in [0.05, 0.1) is 6.61 Å². The molecule has 0 aromatic heterocycles. The van der Waals surface area contributed by atoms with Crippen LogP contribution in [-0.4, -0.2) is 16.4 Å². The number of phosphoric ester groups is 1. The monoisotopic (exact) mass is 236 g/mol. The Bertz CT molecular complexity index is 209. The summed E-state index contributed by atoms with van der Waals surface area (Å²) in [5.41, 5.74) is 0. The van der Waals surface area contributed by atoms with Gasteiger partial charge in [-0.3, -0.25) is 4.52 Å². The van der Waals surface area contributed by atoms with E-state index in [1.165, 1.54) is 19.3 Å². The Morgan fingerprint density at radius 3 is 2.27 bits per heavy atom. The quantitative estimate of drug-likeness (QED) is 0.367. The van der Waals surface area contributed by atoms with Crippen LogP contribution < -0.4 is 0 Å². The lowest BCUT2D eigenvalue weighted by Gasteiger charge is -2.02. The van der Waals surface area contributed by atoms with Gasteiger partial charge in [-0.1, -0.05) is 31.9 Å². The van der Waals surface area contributed by atoms with Crippen LogP contribution in [0.3, 0.4) is 0 Å². The van der Waals surface area contributed by atoms with Crippen LogP contribution in [0.5, 0.6) is 0 Å². The molecular weight excluding hydrogens is 215 g/mol. The topological polar surface area (TPSA) is 66.8 Å². The van der Waals surface area contributed by atoms with Crippen molar-refractivity contribution < 1.29 is 18.9 Å². The largest absolute Gasteiger partial charge is 0.469 e. The molecule has 0 bridgehead atoms. The van der Waals surface area contributed by atoms with Crippen LogP contribution in [0.15, 0.2) is 12.2 Å². The van der Waals surface area contributed by atoms with Crippen molar-refractivity contribution in [2.24, 2.45) is 0 Å². The van der Waals surface area contributed by atoms with Crippen molar-refractivity contribution in [2.45, 2.75) is 45.4 Å². The van der Waals surface area contributed by atoms with Gasteiger partial charge in [0.1, 0.15) is 0 Å². The molecule has 0 aromatic rings. The van der Waals surface area contributed by atoms with Gasteiger partial charge in [0.25, 0.3) is 0 Å². The van der Waals surface area contributed by atoms with Gasteiger partial charge in [-0.2, -0.15) is 0 Å². The molecule has 5 heteroatoms. The van der Waals surface area contributed by atoms with E-state index >= 15 is 0 Å². The van der Waals surface area contributed by atoms with Crippen molar-refractivity contribution in [2.75, 3.05) is 6.61 Å². The summed E-state index contributed by atoms with van der Waals surface area (Å²) in [5.74, 6) is 0. The lowest BCUT2D eigenvalue weighted by Crippen LogP contribution is -1.90. The zero-order valence-electron chi connectivity index (χ0n) is 9.26. The number of hydrogen-bond acceptors (Lipinski definition) is 2. The number of unbranched alkanes of at least 4 members (excludes halogenated alkanes) is 4. The Kier molecular flexibility index (Phi) is 9.01. The summed E-state index contributed by atoms with van der Waals surface area (Å²) in [6.07, 6.45) is 10.4. The zero-order valence-corrected chi connectivity index (χ0v) is 10.2. The third-order valence-electron chi connectivity index (χ3n) is 1.92. The van der Waals surface area contributed by atoms with Crippen molar-refractivity contribution in [3.05, 3.63) is 12.2 Å². The third kappa shape index (κ3) is 13.9. The van der Waals surface area contributed by atoms with Crippen molar-refractivity contribution >= 4 is 7.82 Å². The number of allylic oxidation sites excluding steroid dienone is 2. The first-order valence-electron chi connectivity index (χ1n) is 5.41. The van der Waals surface area contributed by atoms with E-state index in [1.807, 2.05) is 6.08 Å². The van der Waals surface area contributed by atoms with E-state index in [9.17, 15) is 4.57 Å². The summed E-state index contributed by atoms with van der Waals surface area (Å²) in [7, 11) is -4.26. The van der Waals surface area contributed by atoms with Crippen molar-refractivity contribution in [1.29, 1.82) is 0 Å². The van der Waals surface area contributed by atoms with E-state index in [2.05, 4.69) is 17.5 Å². The highest BCUT2D eigenvalue weighted by Gasteiger charge is 2.11. The molecule has 4 nitrogen and oxygen atoms in total.